The molecular weight excluding hydrogens is 348 g/mol. The molecule has 0 unspecified atom stereocenters. The maximum absolute atomic E-state index is 13.0. The number of fused-ring (bicyclic) bond motifs is 4. The zero-order valence-corrected chi connectivity index (χ0v) is 14.5. The first-order valence-electron chi connectivity index (χ1n) is 8.21. The highest BCUT2D eigenvalue weighted by atomic mass is 32.1. The molecule has 0 radical (unpaired) electrons. The number of hydrogen-bond acceptors (Lipinski definition) is 7. The Morgan fingerprint density at radius 3 is 2.85 bits per heavy atom. The number of anilines is 1. The van der Waals surface area contributed by atoms with Crippen LogP contribution in [0.15, 0.2) is 36.9 Å². The number of thiophene rings is 1. The number of benzene rings is 1. The Morgan fingerprint density at radius 1 is 1.12 bits per heavy atom. The molecule has 7 nitrogen and oxygen atoms in total. The smallest absolute Gasteiger partial charge is 0.254 e. The van der Waals surface area contributed by atoms with E-state index in [1.165, 1.54) is 11.9 Å². The summed E-state index contributed by atoms with van der Waals surface area (Å²) in [6.07, 6.45) is 5.52. The molecule has 3 aromatic heterocycles. The van der Waals surface area contributed by atoms with E-state index < -0.39 is 0 Å². The SMILES string of the molecule is Nc1ncnc2sc3c(c12)CCN(C(=O)c1ccc2nccnc2c1)C3. The minimum atomic E-state index is -0.000264. The van der Waals surface area contributed by atoms with Gasteiger partial charge in [-0.05, 0) is 30.2 Å². The summed E-state index contributed by atoms with van der Waals surface area (Å²) < 4.78 is 0. The Balaban J connectivity index is 1.49. The Bertz CT molecular complexity index is 1170. The zero-order chi connectivity index (χ0) is 17.7. The van der Waals surface area contributed by atoms with E-state index in [1.54, 1.807) is 29.8 Å². The van der Waals surface area contributed by atoms with Gasteiger partial charge in [0.2, 0.25) is 0 Å². The van der Waals surface area contributed by atoms with Crippen LogP contribution < -0.4 is 5.73 Å². The van der Waals surface area contributed by atoms with Gasteiger partial charge in [-0.25, -0.2) is 9.97 Å². The summed E-state index contributed by atoms with van der Waals surface area (Å²) >= 11 is 1.59. The number of amides is 1. The number of carbonyl (C=O) groups excluding carboxylic acids is 1. The van der Waals surface area contributed by atoms with Gasteiger partial charge < -0.3 is 10.6 Å². The predicted octanol–water partition coefficient (Wildman–Crippen LogP) is 2.42. The fraction of sp³-hybridized carbons (Fsp3) is 0.167. The van der Waals surface area contributed by atoms with E-state index in [0.29, 0.717) is 24.5 Å². The molecule has 1 aromatic carbocycles. The minimum Gasteiger partial charge on any atom is -0.383 e. The van der Waals surface area contributed by atoms with Crippen molar-refractivity contribution in [2.24, 2.45) is 0 Å². The second-order valence-electron chi connectivity index (χ2n) is 6.18. The van der Waals surface area contributed by atoms with Crippen molar-refractivity contribution in [2.45, 2.75) is 13.0 Å². The summed E-state index contributed by atoms with van der Waals surface area (Å²) in [5.41, 5.74) is 9.33. The molecule has 0 atom stereocenters. The first-order chi connectivity index (χ1) is 12.7. The summed E-state index contributed by atoms with van der Waals surface area (Å²) in [7, 11) is 0. The number of hydrogen-bond donors (Lipinski definition) is 1. The topological polar surface area (TPSA) is 97.9 Å². The molecule has 0 spiro atoms. The third-order valence-corrected chi connectivity index (χ3v) is 5.79. The number of nitrogens with zero attached hydrogens (tertiary/aromatic N) is 5. The van der Waals surface area contributed by atoms with Crippen LogP contribution in [0.5, 0.6) is 0 Å². The van der Waals surface area contributed by atoms with E-state index in [9.17, 15) is 4.79 Å². The van der Waals surface area contributed by atoms with Crippen molar-refractivity contribution in [3.05, 3.63) is 52.9 Å². The van der Waals surface area contributed by atoms with Gasteiger partial charge in [-0.1, -0.05) is 0 Å². The van der Waals surface area contributed by atoms with Crippen LogP contribution in [0.25, 0.3) is 21.3 Å². The van der Waals surface area contributed by atoms with Crippen molar-refractivity contribution in [2.75, 3.05) is 12.3 Å². The van der Waals surface area contributed by atoms with Gasteiger partial charge in [-0.15, -0.1) is 11.3 Å². The molecule has 128 valence electrons. The van der Waals surface area contributed by atoms with Crippen LogP contribution >= 0.6 is 11.3 Å². The molecular formula is C18H14N6OS. The van der Waals surface area contributed by atoms with E-state index in [0.717, 1.165) is 32.5 Å². The fourth-order valence-corrected chi connectivity index (χ4v) is 4.62. The number of aromatic nitrogens is 4. The van der Waals surface area contributed by atoms with Crippen molar-refractivity contribution in [3.8, 4) is 0 Å². The fourth-order valence-electron chi connectivity index (χ4n) is 3.40. The van der Waals surface area contributed by atoms with Crippen LogP contribution in [0.1, 0.15) is 20.8 Å². The van der Waals surface area contributed by atoms with Gasteiger partial charge in [0, 0.05) is 29.4 Å². The van der Waals surface area contributed by atoms with Crippen LogP contribution in [-0.2, 0) is 13.0 Å². The van der Waals surface area contributed by atoms with Crippen LogP contribution in [0.4, 0.5) is 5.82 Å². The van der Waals surface area contributed by atoms with E-state index in [4.69, 9.17) is 5.73 Å². The van der Waals surface area contributed by atoms with Crippen molar-refractivity contribution >= 4 is 44.3 Å². The Kier molecular flexibility index (Phi) is 3.32. The summed E-state index contributed by atoms with van der Waals surface area (Å²) in [6, 6.07) is 5.44. The highest BCUT2D eigenvalue weighted by Gasteiger charge is 2.26. The molecule has 0 aliphatic carbocycles. The summed E-state index contributed by atoms with van der Waals surface area (Å²) in [5.74, 6) is 0.514. The molecule has 1 aliphatic heterocycles. The molecule has 5 rings (SSSR count). The Hall–Kier alpha value is -3.13. The lowest BCUT2D eigenvalue weighted by atomic mass is 10.0. The van der Waals surface area contributed by atoms with Crippen molar-refractivity contribution in [1.29, 1.82) is 0 Å². The van der Waals surface area contributed by atoms with Crippen LogP contribution in [0, 0.1) is 0 Å². The first-order valence-corrected chi connectivity index (χ1v) is 9.03. The summed E-state index contributed by atoms with van der Waals surface area (Å²) in [4.78, 5) is 33.8. The van der Waals surface area contributed by atoms with Crippen LogP contribution in [-0.4, -0.2) is 37.3 Å². The molecule has 0 fully saturated rings. The van der Waals surface area contributed by atoms with Gasteiger partial charge >= 0.3 is 0 Å². The molecule has 26 heavy (non-hydrogen) atoms. The maximum atomic E-state index is 13.0. The predicted molar refractivity (Wildman–Crippen MR) is 99.8 cm³/mol. The van der Waals surface area contributed by atoms with E-state index in [-0.39, 0.29) is 5.91 Å². The van der Waals surface area contributed by atoms with Gasteiger partial charge in [0.15, 0.2) is 0 Å². The average Bonchev–Trinajstić information content (AvgIpc) is 3.06. The molecule has 1 aliphatic rings. The number of nitrogen functional groups attached to an aromatic ring is 1. The molecule has 4 heterocycles. The monoisotopic (exact) mass is 362 g/mol. The third-order valence-electron chi connectivity index (χ3n) is 4.67. The summed E-state index contributed by atoms with van der Waals surface area (Å²) in [5, 5.41) is 0.945. The van der Waals surface area contributed by atoms with Crippen LogP contribution in [0.3, 0.4) is 0 Å². The zero-order valence-electron chi connectivity index (χ0n) is 13.7. The van der Waals surface area contributed by atoms with Crippen molar-refractivity contribution < 1.29 is 4.79 Å². The summed E-state index contributed by atoms with van der Waals surface area (Å²) in [6.45, 7) is 1.21. The maximum Gasteiger partial charge on any atom is 0.254 e. The van der Waals surface area contributed by atoms with E-state index in [1.807, 2.05) is 17.0 Å². The van der Waals surface area contributed by atoms with E-state index >= 15 is 0 Å². The van der Waals surface area contributed by atoms with Crippen LogP contribution in [0.2, 0.25) is 0 Å². The molecule has 0 bridgehead atoms. The molecule has 4 aromatic rings. The van der Waals surface area contributed by atoms with Crippen molar-refractivity contribution in [3.63, 3.8) is 0 Å². The Labute approximate surface area is 152 Å². The lowest BCUT2D eigenvalue weighted by Crippen LogP contribution is -2.35. The quantitative estimate of drug-likeness (QED) is 0.558. The van der Waals surface area contributed by atoms with Crippen molar-refractivity contribution in [1.82, 2.24) is 24.8 Å². The normalized spacial score (nSPS) is 13.9. The lowest BCUT2D eigenvalue weighted by Gasteiger charge is -2.27. The third kappa shape index (κ3) is 2.30. The lowest BCUT2D eigenvalue weighted by molar-refractivity contribution is 0.0737. The number of carbonyl (C=O) groups is 1. The molecule has 8 heteroatoms. The van der Waals surface area contributed by atoms with Gasteiger partial charge in [-0.2, -0.15) is 0 Å². The van der Waals surface area contributed by atoms with Gasteiger partial charge in [0.05, 0.1) is 23.0 Å². The molecule has 2 N–H and O–H groups in total. The second kappa shape index (κ2) is 5.70. The number of rotatable bonds is 1. The molecule has 1 amide bonds. The highest BCUT2D eigenvalue weighted by Crippen LogP contribution is 2.36. The molecule has 0 saturated heterocycles. The number of nitrogens with two attached hydrogens (primary N) is 1. The minimum absolute atomic E-state index is 0.000264. The first kappa shape index (κ1) is 15.2. The second-order valence-corrected chi connectivity index (χ2v) is 7.26. The average molecular weight is 362 g/mol. The molecule has 0 saturated carbocycles. The van der Waals surface area contributed by atoms with Gasteiger partial charge in [-0.3, -0.25) is 14.8 Å². The van der Waals surface area contributed by atoms with Gasteiger partial charge in [0.1, 0.15) is 17.0 Å². The Morgan fingerprint density at radius 2 is 1.96 bits per heavy atom. The largest absolute Gasteiger partial charge is 0.383 e. The van der Waals surface area contributed by atoms with E-state index in [2.05, 4.69) is 19.9 Å². The highest BCUT2D eigenvalue weighted by molar-refractivity contribution is 7.19. The standard InChI is InChI=1S/C18H14N6OS/c19-16-15-11-3-6-24(8-14(11)26-17(15)23-9-22-16)18(25)10-1-2-12-13(7-10)21-5-4-20-12/h1-2,4-5,7,9H,3,6,8H2,(H2,19,22,23). The van der Waals surface area contributed by atoms with Gasteiger partial charge in [0.25, 0.3) is 5.91 Å².